The number of hydrogen-bond acceptors (Lipinski definition) is 7. The summed E-state index contributed by atoms with van der Waals surface area (Å²) in [5, 5.41) is 18.4. The van der Waals surface area contributed by atoms with Gasteiger partial charge in [-0.3, -0.25) is 4.90 Å². The van der Waals surface area contributed by atoms with Crippen LogP contribution in [-0.2, 0) is 20.1 Å². The number of sulfone groups is 1. The van der Waals surface area contributed by atoms with Gasteiger partial charge < -0.3 is 4.74 Å². The molecule has 3 aliphatic rings. The molecule has 1 aliphatic heterocycles. The molecule has 3 fully saturated rings. The van der Waals surface area contributed by atoms with E-state index >= 15 is 0 Å². The lowest BCUT2D eigenvalue weighted by molar-refractivity contribution is 0.000685. The molecular weight excluding hydrogens is 454 g/mol. The Morgan fingerprint density at radius 1 is 1.24 bits per heavy atom. The van der Waals surface area contributed by atoms with Gasteiger partial charge in [0, 0.05) is 6.54 Å². The van der Waals surface area contributed by atoms with Crippen LogP contribution in [0.2, 0.25) is 0 Å². The number of rotatable bonds is 6. The van der Waals surface area contributed by atoms with Gasteiger partial charge >= 0.3 is 6.09 Å². The van der Waals surface area contributed by atoms with Crippen LogP contribution in [0.4, 0.5) is 4.79 Å². The minimum atomic E-state index is -2.99. The van der Waals surface area contributed by atoms with E-state index in [-0.39, 0.29) is 29.4 Å². The Morgan fingerprint density at radius 2 is 1.88 bits per heavy atom. The first-order valence-electron chi connectivity index (χ1n) is 12.6. The van der Waals surface area contributed by atoms with Gasteiger partial charge in [-0.1, -0.05) is 24.5 Å². The Kier molecular flexibility index (Phi) is 6.96. The molecule has 1 aromatic heterocycles. The number of hydrogen-bond donors (Lipinski definition) is 0. The second-order valence-corrected chi connectivity index (χ2v) is 13.6. The standard InChI is InChI=1S/C24H37N5O4S/c1-23(2,3)33-22(30)28(15-18-9-13-34(31,32)14-10-18)21(19-7-5-4-6-8-19)20-16-29(27-26-20)24(17-25)11-12-24/h16,18-19,21H,4-15H2,1-3H3. The number of ether oxygens (including phenoxy) is 1. The summed E-state index contributed by atoms with van der Waals surface area (Å²) in [7, 11) is -2.99. The molecule has 9 nitrogen and oxygen atoms in total. The minimum Gasteiger partial charge on any atom is -0.444 e. The van der Waals surface area contributed by atoms with Gasteiger partial charge in [0.25, 0.3) is 0 Å². The molecule has 10 heteroatoms. The van der Waals surface area contributed by atoms with E-state index < -0.39 is 27.1 Å². The summed E-state index contributed by atoms with van der Waals surface area (Å²) in [6.07, 6.45) is 9.40. The van der Waals surface area contributed by atoms with Crippen molar-refractivity contribution < 1.29 is 17.9 Å². The molecule has 0 radical (unpaired) electrons. The second kappa shape index (κ2) is 9.48. The van der Waals surface area contributed by atoms with Crippen molar-refractivity contribution in [2.24, 2.45) is 11.8 Å². The molecule has 0 N–H and O–H groups in total. The molecule has 188 valence electrons. The summed E-state index contributed by atoms with van der Waals surface area (Å²) < 4.78 is 31.5. The van der Waals surface area contributed by atoms with Crippen LogP contribution in [0.15, 0.2) is 6.20 Å². The van der Waals surface area contributed by atoms with Gasteiger partial charge in [-0.15, -0.1) is 5.10 Å². The van der Waals surface area contributed by atoms with Crippen LogP contribution in [0.25, 0.3) is 0 Å². The first-order chi connectivity index (χ1) is 16.0. The highest BCUT2D eigenvalue weighted by molar-refractivity contribution is 7.91. The third-order valence-corrected chi connectivity index (χ3v) is 9.09. The fraction of sp³-hybridized carbons (Fsp3) is 0.833. The van der Waals surface area contributed by atoms with Crippen LogP contribution >= 0.6 is 0 Å². The molecule has 1 amide bonds. The minimum absolute atomic E-state index is 0.0889. The zero-order valence-electron chi connectivity index (χ0n) is 20.6. The Bertz CT molecular complexity index is 1010. The summed E-state index contributed by atoms with van der Waals surface area (Å²) >= 11 is 0. The molecule has 1 aromatic rings. The van der Waals surface area contributed by atoms with E-state index in [1.165, 1.54) is 6.42 Å². The van der Waals surface area contributed by atoms with Crippen molar-refractivity contribution in [1.29, 1.82) is 5.26 Å². The molecule has 0 spiro atoms. The lowest BCUT2D eigenvalue weighted by Crippen LogP contribution is -2.45. The van der Waals surface area contributed by atoms with Crippen molar-refractivity contribution in [3.05, 3.63) is 11.9 Å². The van der Waals surface area contributed by atoms with Crippen LogP contribution in [-0.4, -0.2) is 58.1 Å². The predicted octanol–water partition coefficient (Wildman–Crippen LogP) is 3.97. The van der Waals surface area contributed by atoms with E-state index in [4.69, 9.17) is 4.74 Å². The third-order valence-electron chi connectivity index (χ3n) is 7.37. The van der Waals surface area contributed by atoms with E-state index in [9.17, 15) is 18.5 Å². The first kappa shape index (κ1) is 25.0. The van der Waals surface area contributed by atoms with E-state index in [1.54, 1.807) is 9.58 Å². The van der Waals surface area contributed by atoms with Gasteiger partial charge in [-0.25, -0.2) is 17.9 Å². The van der Waals surface area contributed by atoms with Gasteiger partial charge in [-0.2, -0.15) is 5.26 Å². The molecule has 2 saturated carbocycles. The van der Waals surface area contributed by atoms with Crippen molar-refractivity contribution in [2.75, 3.05) is 18.1 Å². The Morgan fingerprint density at radius 3 is 2.44 bits per heavy atom. The van der Waals surface area contributed by atoms with Crippen molar-refractivity contribution in [3.63, 3.8) is 0 Å². The third kappa shape index (κ3) is 5.73. The van der Waals surface area contributed by atoms with Crippen LogP contribution in [0.1, 0.15) is 90.3 Å². The smallest absolute Gasteiger partial charge is 0.410 e. The monoisotopic (exact) mass is 491 g/mol. The Hall–Kier alpha value is -2.15. The molecule has 2 heterocycles. The average molecular weight is 492 g/mol. The number of carbonyl (C=O) groups is 1. The largest absolute Gasteiger partial charge is 0.444 e. The summed E-state index contributed by atoms with van der Waals surface area (Å²) in [4.78, 5) is 15.4. The summed E-state index contributed by atoms with van der Waals surface area (Å²) in [6.45, 7) is 5.99. The van der Waals surface area contributed by atoms with E-state index in [0.29, 0.717) is 25.1 Å². The maximum atomic E-state index is 13.6. The number of amides is 1. The van der Waals surface area contributed by atoms with Crippen molar-refractivity contribution >= 4 is 15.9 Å². The molecule has 2 aliphatic carbocycles. The van der Waals surface area contributed by atoms with Gasteiger partial charge in [0.2, 0.25) is 0 Å². The molecule has 1 atom stereocenters. The van der Waals surface area contributed by atoms with Crippen molar-refractivity contribution in [2.45, 2.75) is 95.7 Å². The lowest BCUT2D eigenvalue weighted by Gasteiger charge is -2.40. The fourth-order valence-corrected chi connectivity index (χ4v) is 6.85. The second-order valence-electron chi connectivity index (χ2n) is 11.3. The van der Waals surface area contributed by atoms with Crippen LogP contribution in [0.5, 0.6) is 0 Å². The fourth-order valence-electron chi connectivity index (χ4n) is 5.26. The highest BCUT2D eigenvalue weighted by atomic mass is 32.2. The quantitative estimate of drug-likeness (QED) is 0.590. The van der Waals surface area contributed by atoms with Crippen LogP contribution < -0.4 is 0 Å². The van der Waals surface area contributed by atoms with Crippen LogP contribution in [0.3, 0.4) is 0 Å². The molecule has 4 rings (SSSR count). The van der Waals surface area contributed by atoms with Crippen molar-refractivity contribution in [3.8, 4) is 6.07 Å². The highest BCUT2D eigenvalue weighted by Crippen LogP contribution is 2.44. The van der Waals surface area contributed by atoms with Gasteiger partial charge in [0.15, 0.2) is 5.54 Å². The average Bonchev–Trinajstić information content (AvgIpc) is 3.43. The molecule has 34 heavy (non-hydrogen) atoms. The molecule has 0 aromatic carbocycles. The maximum absolute atomic E-state index is 13.6. The van der Waals surface area contributed by atoms with E-state index in [0.717, 1.165) is 38.5 Å². The topological polar surface area (TPSA) is 118 Å². The van der Waals surface area contributed by atoms with Crippen molar-refractivity contribution in [1.82, 2.24) is 19.9 Å². The number of aromatic nitrogens is 3. The number of nitriles is 1. The zero-order chi connectivity index (χ0) is 24.6. The molecule has 1 unspecified atom stereocenters. The summed E-state index contributed by atoms with van der Waals surface area (Å²) in [5.41, 5.74) is -0.571. The number of nitrogens with zero attached hydrogens (tertiary/aromatic N) is 5. The molecular formula is C24H37N5O4S. The van der Waals surface area contributed by atoms with Gasteiger partial charge in [0.1, 0.15) is 21.1 Å². The summed E-state index contributed by atoms with van der Waals surface area (Å²) in [6, 6.07) is 2.05. The normalized spacial score (nSPS) is 23.6. The maximum Gasteiger partial charge on any atom is 0.410 e. The van der Waals surface area contributed by atoms with E-state index in [1.807, 2.05) is 27.0 Å². The Balaban J connectivity index is 1.66. The first-order valence-corrected chi connectivity index (χ1v) is 14.4. The SMILES string of the molecule is CC(C)(C)OC(=O)N(CC1CCS(=O)(=O)CC1)C(c1cn(C2(C#N)CC2)nn1)C1CCCCC1. The van der Waals surface area contributed by atoms with Gasteiger partial charge in [0.05, 0.1) is 29.8 Å². The highest BCUT2D eigenvalue weighted by Gasteiger charge is 2.47. The van der Waals surface area contributed by atoms with E-state index in [2.05, 4.69) is 16.4 Å². The molecule has 1 saturated heterocycles. The van der Waals surface area contributed by atoms with Crippen LogP contribution in [0, 0.1) is 23.2 Å². The predicted molar refractivity (Wildman–Crippen MR) is 126 cm³/mol. The van der Waals surface area contributed by atoms with Gasteiger partial charge in [-0.05, 0) is 71.1 Å². The zero-order valence-corrected chi connectivity index (χ0v) is 21.4. The lowest BCUT2D eigenvalue weighted by atomic mass is 9.81. The Labute approximate surface area is 202 Å². The molecule has 0 bridgehead atoms. The number of carbonyl (C=O) groups excluding carboxylic acids is 1. The summed E-state index contributed by atoms with van der Waals surface area (Å²) in [5.74, 6) is 0.630.